The number of hydrogen-bond acceptors (Lipinski definition) is 6. The van der Waals surface area contributed by atoms with Crippen LogP contribution < -0.4 is 5.56 Å². The molecule has 8 heteroatoms. The molecule has 1 aliphatic heterocycles. The number of hydrogen-bond donors (Lipinski definition) is 0. The third kappa shape index (κ3) is 3.73. The predicted molar refractivity (Wildman–Crippen MR) is 94.9 cm³/mol. The van der Waals surface area contributed by atoms with Crippen molar-refractivity contribution >= 4 is 33.4 Å². The zero-order valence-corrected chi connectivity index (χ0v) is 15.0. The first kappa shape index (κ1) is 17.6. The molecule has 0 N–H and O–H groups in total. The van der Waals surface area contributed by atoms with E-state index in [1.165, 1.54) is 22.2 Å². The lowest BCUT2D eigenvalue weighted by molar-refractivity contribution is -0.131. The van der Waals surface area contributed by atoms with Crippen molar-refractivity contribution in [1.82, 2.24) is 14.5 Å². The van der Waals surface area contributed by atoms with Gasteiger partial charge in [0.05, 0.1) is 23.9 Å². The fourth-order valence-electron chi connectivity index (χ4n) is 3.01. The molecule has 0 aliphatic carbocycles. The first-order valence-electron chi connectivity index (χ1n) is 8.53. The lowest BCUT2D eigenvalue weighted by Crippen LogP contribution is -2.37. The van der Waals surface area contributed by atoms with Gasteiger partial charge in [0.25, 0.3) is 5.56 Å². The number of ether oxygens (including phenoxy) is 1. The van der Waals surface area contributed by atoms with E-state index in [1.807, 2.05) is 4.90 Å². The first-order chi connectivity index (χ1) is 12.1. The normalized spacial score (nSPS) is 15.2. The molecule has 7 nitrogen and oxygen atoms in total. The molecular weight excluding hydrogens is 342 g/mol. The van der Waals surface area contributed by atoms with Crippen LogP contribution >= 0.6 is 11.3 Å². The fourth-order valence-corrected chi connectivity index (χ4v) is 3.87. The van der Waals surface area contributed by atoms with E-state index in [9.17, 15) is 14.4 Å². The minimum Gasteiger partial charge on any atom is -0.462 e. The fraction of sp³-hybridized carbons (Fsp3) is 0.529. The van der Waals surface area contributed by atoms with Crippen molar-refractivity contribution in [3.63, 3.8) is 0 Å². The number of likely N-dealkylation sites (tertiary alicyclic amines) is 1. The standard InChI is InChI=1S/C17H21N3O4S/c1-2-24-17(23)12-10-25-15-14(12)16(22)20(11-18-15)9-13(21)19-7-5-3-4-6-8-19/h10-11H,2-9H2,1H3. The van der Waals surface area contributed by atoms with Crippen molar-refractivity contribution < 1.29 is 14.3 Å². The van der Waals surface area contributed by atoms with E-state index < -0.39 is 5.97 Å². The Morgan fingerprint density at radius 2 is 1.96 bits per heavy atom. The van der Waals surface area contributed by atoms with Crippen LogP contribution in [-0.4, -0.2) is 46.0 Å². The molecule has 3 heterocycles. The molecule has 3 rings (SSSR count). The summed E-state index contributed by atoms with van der Waals surface area (Å²) in [6.45, 7) is 3.35. The Morgan fingerprint density at radius 1 is 1.24 bits per heavy atom. The largest absolute Gasteiger partial charge is 0.462 e. The molecule has 1 saturated heterocycles. The maximum atomic E-state index is 12.8. The molecular formula is C17H21N3O4S. The molecule has 1 amide bonds. The van der Waals surface area contributed by atoms with E-state index in [1.54, 1.807) is 12.3 Å². The van der Waals surface area contributed by atoms with Gasteiger partial charge in [-0.05, 0) is 19.8 Å². The van der Waals surface area contributed by atoms with Crippen LogP contribution in [0.2, 0.25) is 0 Å². The number of amides is 1. The highest BCUT2D eigenvalue weighted by molar-refractivity contribution is 7.17. The monoisotopic (exact) mass is 363 g/mol. The van der Waals surface area contributed by atoms with E-state index >= 15 is 0 Å². The lowest BCUT2D eigenvalue weighted by atomic mass is 10.2. The molecule has 0 unspecified atom stereocenters. The third-order valence-corrected chi connectivity index (χ3v) is 5.21. The van der Waals surface area contributed by atoms with Gasteiger partial charge < -0.3 is 9.64 Å². The molecule has 134 valence electrons. The van der Waals surface area contributed by atoms with E-state index in [-0.39, 0.29) is 35.6 Å². The van der Waals surface area contributed by atoms with Gasteiger partial charge in [0.2, 0.25) is 5.91 Å². The Bertz CT molecular complexity index is 834. The maximum Gasteiger partial charge on any atom is 0.339 e. The summed E-state index contributed by atoms with van der Waals surface area (Å²) < 4.78 is 6.28. The summed E-state index contributed by atoms with van der Waals surface area (Å²) in [5, 5.41) is 1.81. The minimum atomic E-state index is -0.538. The number of esters is 1. The molecule has 0 bridgehead atoms. The second-order valence-corrected chi connectivity index (χ2v) is 6.88. The van der Waals surface area contributed by atoms with Gasteiger partial charge in [-0.15, -0.1) is 11.3 Å². The molecule has 0 saturated carbocycles. The van der Waals surface area contributed by atoms with Crippen LogP contribution in [0.25, 0.3) is 10.2 Å². The highest BCUT2D eigenvalue weighted by atomic mass is 32.1. The number of rotatable bonds is 4. The van der Waals surface area contributed by atoms with Crippen LogP contribution in [-0.2, 0) is 16.1 Å². The van der Waals surface area contributed by atoms with Gasteiger partial charge >= 0.3 is 5.97 Å². The summed E-state index contributed by atoms with van der Waals surface area (Å²) in [5.41, 5.74) is -0.159. The first-order valence-corrected chi connectivity index (χ1v) is 9.41. The van der Waals surface area contributed by atoms with Crippen molar-refractivity contribution in [3.8, 4) is 0 Å². The second-order valence-electron chi connectivity index (χ2n) is 6.02. The molecule has 2 aromatic heterocycles. The van der Waals surface area contributed by atoms with Crippen molar-refractivity contribution in [1.29, 1.82) is 0 Å². The SMILES string of the molecule is CCOC(=O)c1csc2ncn(CC(=O)N3CCCCCC3)c(=O)c12. The Balaban J connectivity index is 1.88. The summed E-state index contributed by atoms with van der Waals surface area (Å²) >= 11 is 1.22. The lowest BCUT2D eigenvalue weighted by Gasteiger charge is -2.20. The number of carbonyl (C=O) groups excluding carboxylic acids is 2. The smallest absolute Gasteiger partial charge is 0.339 e. The average molecular weight is 363 g/mol. The van der Waals surface area contributed by atoms with E-state index in [4.69, 9.17) is 4.74 Å². The highest BCUT2D eigenvalue weighted by Crippen LogP contribution is 2.21. The molecule has 25 heavy (non-hydrogen) atoms. The van der Waals surface area contributed by atoms with Crippen LogP contribution in [0.4, 0.5) is 0 Å². The zero-order chi connectivity index (χ0) is 17.8. The minimum absolute atomic E-state index is 0.0557. The van der Waals surface area contributed by atoms with Crippen LogP contribution in [0.15, 0.2) is 16.5 Å². The summed E-state index contributed by atoms with van der Waals surface area (Å²) in [7, 11) is 0. The third-order valence-electron chi connectivity index (χ3n) is 4.32. The summed E-state index contributed by atoms with van der Waals surface area (Å²) in [6, 6.07) is 0. The predicted octanol–water partition coefficient (Wildman–Crippen LogP) is 2.04. The summed E-state index contributed by atoms with van der Waals surface area (Å²) in [6.07, 6.45) is 5.64. The van der Waals surface area contributed by atoms with Gasteiger partial charge in [0.1, 0.15) is 11.4 Å². The summed E-state index contributed by atoms with van der Waals surface area (Å²) in [5.74, 6) is -0.623. The van der Waals surface area contributed by atoms with Crippen molar-refractivity contribution in [2.45, 2.75) is 39.2 Å². The number of thiophene rings is 1. The molecule has 0 aromatic carbocycles. The highest BCUT2D eigenvalue weighted by Gasteiger charge is 2.21. The molecule has 1 aliphatic rings. The van der Waals surface area contributed by atoms with Gasteiger partial charge in [-0.2, -0.15) is 0 Å². The van der Waals surface area contributed by atoms with E-state index in [2.05, 4.69) is 4.98 Å². The quantitative estimate of drug-likeness (QED) is 0.777. The Hall–Kier alpha value is -2.22. The van der Waals surface area contributed by atoms with Crippen LogP contribution in [0, 0.1) is 0 Å². The molecule has 0 atom stereocenters. The van der Waals surface area contributed by atoms with Gasteiger partial charge in [-0.25, -0.2) is 9.78 Å². The van der Waals surface area contributed by atoms with Gasteiger partial charge in [0, 0.05) is 18.5 Å². The molecule has 2 aromatic rings. The van der Waals surface area contributed by atoms with Crippen LogP contribution in [0.5, 0.6) is 0 Å². The Morgan fingerprint density at radius 3 is 2.64 bits per heavy atom. The van der Waals surface area contributed by atoms with Crippen molar-refractivity contribution in [3.05, 3.63) is 27.6 Å². The van der Waals surface area contributed by atoms with Gasteiger partial charge in [0.15, 0.2) is 0 Å². The maximum absolute atomic E-state index is 12.8. The number of fused-ring (bicyclic) bond motifs is 1. The molecule has 1 fully saturated rings. The number of carbonyl (C=O) groups is 2. The van der Waals surface area contributed by atoms with E-state index in [0.717, 1.165) is 38.8 Å². The average Bonchev–Trinajstić information content (AvgIpc) is 2.84. The second kappa shape index (κ2) is 7.77. The Kier molecular flexibility index (Phi) is 5.47. The number of nitrogens with zero attached hydrogens (tertiary/aromatic N) is 3. The molecule has 0 radical (unpaired) electrons. The Labute approximate surface area is 149 Å². The number of aromatic nitrogens is 2. The van der Waals surface area contributed by atoms with Gasteiger partial charge in [-0.3, -0.25) is 14.2 Å². The van der Waals surface area contributed by atoms with Crippen molar-refractivity contribution in [2.24, 2.45) is 0 Å². The topological polar surface area (TPSA) is 81.5 Å². The van der Waals surface area contributed by atoms with Crippen LogP contribution in [0.3, 0.4) is 0 Å². The van der Waals surface area contributed by atoms with E-state index in [0.29, 0.717) is 4.83 Å². The summed E-state index contributed by atoms with van der Waals surface area (Å²) in [4.78, 5) is 43.8. The molecule has 0 spiro atoms. The zero-order valence-electron chi connectivity index (χ0n) is 14.2. The van der Waals surface area contributed by atoms with Crippen molar-refractivity contribution in [2.75, 3.05) is 19.7 Å². The van der Waals surface area contributed by atoms with Gasteiger partial charge in [-0.1, -0.05) is 12.8 Å². The van der Waals surface area contributed by atoms with Crippen LogP contribution in [0.1, 0.15) is 43.0 Å².